The molecule has 2 N–H and O–H groups in total. The van der Waals surface area contributed by atoms with Gasteiger partial charge in [0.15, 0.2) is 0 Å². The minimum absolute atomic E-state index is 0.0379. The quantitative estimate of drug-likeness (QED) is 0.812. The van der Waals surface area contributed by atoms with Crippen LogP contribution in [0.2, 0.25) is 0 Å². The van der Waals surface area contributed by atoms with Crippen LogP contribution in [0.1, 0.15) is 50.3 Å². The first kappa shape index (κ1) is 14.7. The lowest BCUT2D eigenvalue weighted by atomic mass is 10.1. The average Bonchev–Trinajstić information content (AvgIpc) is 2.58. The predicted octanol–water partition coefficient (Wildman–Crippen LogP) is 1.86. The number of nitrogens with one attached hydrogen (secondary N) is 2. The summed E-state index contributed by atoms with van der Waals surface area (Å²) >= 11 is 0. The van der Waals surface area contributed by atoms with Crippen molar-refractivity contribution in [2.24, 2.45) is 0 Å². The van der Waals surface area contributed by atoms with Crippen LogP contribution in [-0.4, -0.2) is 23.7 Å². The van der Waals surface area contributed by atoms with Gasteiger partial charge in [-0.3, -0.25) is 4.79 Å². The van der Waals surface area contributed by atoms with Gasteiger partial charge in [0.1, 0.15) is 5.76 Å². The van der Waals surface area contributed by atoms with Gasteiger partial charge >= 0.3 is 0 Å². The van der Waals surface area contributed by atoms with Crippen molar-refractivity contribution in [3.8, 4) is 0 Å². The maximum absolute atomic E-state index is 11.9. The van der Waals surface area contributed by atoms with Crippen molar-refractivity contribution in [2.75, 3.05) is 6.54 Å². The number of nitrogens with zero attached hydrogens (tertiary/aromatic N) is 1. The molecule has 0 bridgehead atoms. The standard InChI is InChI=1S/C13H23N3O2/c1-6-14-8(2)7-12(17)15-9(3)13-10(4)16-18-11(13)5/h8-9,14H,6-7H2,1-5H3,(H,15,17). The van der Waals surface area contributed by atoms with Crippen LogP contribution >= 0.6 is 0 Å². The molecule has 0 aliphatic carbocycles. The van der Waals surface area contributed by atoms with Gasteiger partial charge in [-0.25, -0.2) is 0 Å². The molecule has 0 aliphatic heterocycles. The van der Waals surface area contributed by atoms with Gasteiger partial charge in [-0.2, -0.15) is 0 Å². The minimum Gasteiger partial charge on any atom is -0.361 e. The summed E-state index contributed by atoms with van der Waals surface area (Å²) in [7, 11) is 0. The molecule has 2 atom stereocenters. The number of carbonyl (C=O) groups excluding carboxylic acids is 1. The Bertz CT molecular complexity index is 381. The first-order valence-electron chi connectivity index (χ1n) is 6.41. The second-order valence-corrected chi connectivity index (χ2v) is 4.69. The van der Waals surface area contributed by atoms with Crippen LogP contribution in [0.15, 0.2) is 4.52 Å². The summed E-state index contributed by atoms with van der Waals surface area (Å²) in [6, 6.07) is 0.115. The van der Waals surface area contributed by atoms with E-state index in [0.717, 1.165) is 23.6 Å². The van der Waals surface area contributed by atoms with Crippen molar-refractivity contribution in [2.45, 2.75) is 53.1 Å². The molecule has 5 heteroatoms. The molecule has 1 rings (SSSR count). The molecule has 1 heterocycles. The summed E-state index contributed by atoms with van der Waals surface area (Å²) < 4.78 is 5.10. The highest BCUT2D eigenvalue weighted by molar-refractivity contribution is 5.77. The Kier molecular flexibility index (Phi) is 5.34. The Labute approximate surface area is 108 Å². The molecule has 1 aromatic rings. The second-order valence-electron chi connectivity index (χ2n) is 4.69. The van der Waals surface area contributed by atoms with Crippen LogP contribution in [0.25, 0.3) is 0 Å². The minimum atomic E-state index is -0.0717. The fourth-order valence-corrected chi connectivity index (χ4v) is 2.18. The molecule has 5 nitrogen and oxygen atoms in total. The van der Waals surface area contributed by atoms with E-state index < -0.39 is 0 Å². The molecule has 0 spiro atoms. The van der Waals surface area contributed by atoms with Gasteiger partial charge in [0.2, 0.25) is 5.91 Å². The maximum Gasteiger partial charge on any atom is 0.222 e. The summed E-state index contributed by atoms with van der Waals surface area (Å²) in [6.07, 6.45) is 0.474. The van der Waals surface area contributed by atoms with E-state index in [1.54, 1.807) is 0 Å². The Morgan fingerprint density at radius 3 is 2.56 bits per heavy atom. The summed E-state index contributed by atoms with van der Waals surface area (Å²) in [5.41, 5.74) is 1.81. The largest absolute Gasteiger partial charge is 0.361 e. The Hall–Kier alpha value is -1.36. The molecule has 0 saturated carbocycles. The highest BCUT2D eigenvalue weighted by atomic mass is 16.5. The predicted molar refractivity (Wildman–Crippen MR) is 70.3 cm³/mol. The third kappa shape index (κ3) is 3.84. The lowest BCUT2D eigenvalue weighted by molar-refractivity contribution is -0.122. The van der Waals surface area contributed by atoms with Gasteiger partial charge < -0.3 is 15.2 Å². The monoisotopic (exact) mass is 253 g/mol. The highest BCUT2D eigenvalue weighted by Gasteiger charge is 2.18. The van der Waals surface area contributed by atoms with Gasteiger partial charge in [0, 0.05) is 18.0 Å². The van der Waals surface area contributed by atoms with E-state index in [0.29, 0.717) is 6.42 Å². The van der Waals surface area contributed by atoms with Crippen molar-refractivity contribution in [3.05, 3.63) is 17.0 Å². The molecule has 2 unspecified atom stereocenters. The molecule has 0 radical (unpaired) electrons. The van der Waals surface area contributed by atoms with Crippen LogP contribution in [-0.2, 0) is 4.79 Å². The maximum atomic E-state index is 11.9. The van der Waals surface area contributed by atoms with Gasteiger partial charge in [-0.1, -0.05) is 12.1 Å². The third-order valence-corrected chi connectivity index (χ3v) is 2.94. The number of aryl methyl sites for hydroxylation is 2. The van der Waals surface area contributed by atoms with Crippen molar-refractivity contribution < 1.29 is 9.32 Å². The van der Waals surface area contributed by atoms with Crippen LogP contribution in [0.5, 0.6) is 0 Å². The van der Waals surface area contributed by atoms with E-state index in [1.165, 1.54) is 0 Å². The number of hydrogen-bond acceptors (Lipinski definition) is 4. The molecule has 0 aliphatic rings. The second kappa shape index (κ2) is 6.54. The molecule has 1 amide bonds. The van der Waals surface area contributed by atoms with Crippen molar-refractivity contribution in [1.29, 1.82) is 0 Å². The average molecular weight is 253 g/mol. The van der Waals surface area contributed by atoms with Crippen molar-refractivity contribution >= 4 is 5.91 Å². The molecule has 18 heavy (non-hydrogen) atoms. The zero-order chi connectivity index (χ0) is 13.7. The van der Waals surface area contributed by atoms with E-state index in [1.807, 2.05) is 34.6 Å². The number of amides is 1. The van der Waals surface area contributed by atoms with Crippen molar-refractivity contribution in [3.63, 3.8) is 0 Å². The SMILES string of the molecule is CCNC(C)CC(=O)NC(C)c1c(C)noc1C. The third-order valence-electron chi connectivity index (χ3n) is 2.94. The fraction of sp³-hybridized carbons (Fsp3) is 0.692. The van der Waals surface area contributed by atoms with Crippen LogP contribution < -0.4 is 10.6 Å². The van der Waals surface area contributed by atoms with E-state index in [4.69, 9.17) is 4.52 Å². The first-order valence-corrected chi connectivity index (χ1v) is 6.41. The summed E-state index contributed by atoms with van der Waals surface area (Å²) in [5, 5.41) is 10.1. The smallest absolute Gasteiger partial charge is 0.222 e. The fourth-order valence-electron chi connectivity index (χ4n) is 2.18. The van der Waals surface area contributed by atoms with E-state index in [2.05, 4.69) is 15.8 Å². The molecule has 0 saturated heterocycles. The molecule has 102 valence electrons. The summed E-state index contributed by atoms with van der Waals surface area (Å²) in [4.78, 5) is 11.9. The zero-order valence-corrected chi connectivity index (χ0v) is 11.8. The zero-order valence-electron chi connectivity index (χ0n) is 11.8. The van der Waals surface area contributed by atoms with E-state index >= 15 is 0 Å². The van der Waals surface area contributed by atoms with E-state index in [-0.39, 0.29) is 18.0 Å². The number of aromatic nitrogens is 1. The summed E-state index contributed by atoms with van der Waals surface area (Å²) in [5.74, 6) is 0.802. The lowest BCUT2D eigenvalue weighted by Crippen LogP contribution is -2.35. The number of rotatable bonds is 6. The highest BCUT2D eigenvalue weighted by Crippen LogP contribution is 2.20. The number of carbonyl (C=O) groups is 1. The van der Waals surface area contributed by atoms with E-state index in [9.17, 15) is 4.79 Å². The topological polar surface area (TPSA) is 67.2 Å². The Morgan fingerprint density at radius 2 is 2.06 bits per heavy atom. The molecule has 0 fully saturated rings. The molecular formula is C13H23N3O2. The summed E-state index contributed by atoms with van der Waals surface area (Å²) in [6.45, 7) is 10.6. The normalized spacial score (nSPS) is 14.3. The molecule has 0 aromatic carbocycles. The van der Waals surface area contributed by atoms with Gasteiger partial charge in [0.25, 0.3) is 0 Å². The first-order chi connectivity index (χ1) is 8.45. The van der Waals surface area contributed by atoms with Gasteiger partial charge in [0.05, 0.1) is 11.7 Å². The van der Waals surface area contributed by atoms with Crippen LogP contribution in [0.4, 0.5) is 0 Å². The molecular weight excluding hydrogens is 230 g/mol. The van der Waals surface area contributed by atoms with Crippen LogP contribution in [0.3, 0.4) is 0 Å². The lowest BCUT2D eigenvalue weighted by Gasteiger charge is -2.16. The van der Waals surface area contributed by atoms with Crippen molar-refractivity contribution in [1.82, 2.24) is 15.8 Å². The Morgan fingerprint density at radius 1 is 1.39 bits per heavy atom. The Balaban J connectivity index is 2.55. The van der Waals surface area contributed by atoms with Gasteiger partial charge in [-0.05, 0) is 34.2 Å². The van der Waals surface area contributed by atoms with Gasteiger partial charge in [-0.15, -0.1) is 0 Å². The number of hydrogen-bond donors (Lipinski definition) is 2. The molecule has 1 aromatic heterocycles. The van der Waals surface area contributed by atoms with Crippen LogP contribution in [0, 0.1) is 13.8 Å².